The third-order valence-electron chi connectivity index (χ3n) is 4.71. The van der Waals surface area contributed by atoms with Crippen LogP contribution in [0.25, 0.3) is 0 Å². The van der Waals surface area contributed by atoms with Gasteiger partial charge < -0.3 is 4.90 Å². The normalized spacial score (nSPS) is 25.4. The Morgan fingerprint density at radius 3 is 2.74 bits per heavy atom. The SMILES string of the molecule is Cc1ccc(C2NCC(=O)N2CC2(C(C)C)CC2)s1. The Balaban J connectivity index is 1.79. The summed E-state index contributed by atoms with van der Waals surface area (Å²) in [6, 6.07) is 4.29. The molecule has 0 spiro atoms. The quantitative estimate of drug-likeness (QED) is 0.918. The number of nitrogens with zero attached hydrogens (tertiary/aromatic N) is 1. The molecule has 1 unspecified atom stereocenters. The lowest BCUT2D eigenvalue weighted by Gasteiger charge is -2.30. The predicted octanol–water partition coefficient (Wildman–Crippen LogP) is 2.92. The molecule has 2 heterocycles. The zero-order chi connectivity index (χ0) is 13.6. The van der Waals surface area contributed by atoms with Crippen molar-refractivity contribution in [3.63, 3.8) is 0 Å². The van der Waals surface area contributed by atoms with Gasteiger partial charge in [-0.15, -0.1) is 11.3 Å². The van der Waals surface area contributed by atoms with Crippen LogP contribution in [0.5, 0.6) is 0 Å². The number of rotatable bonds is 4. The number of thiophene rings is 1. The molecule has 0 bridgehead atoms. The van der Waals surface area contributed by atoms with Crippen LogP contribution < -0.4 is 5.32 Å². The summed E-state index contributed by atoms with van der Waals surface area (Å²) in [5.41, 5.74) is 0.381. The number of hydrogen-bond donors (Lipinski definition) is 1. The molecule has 19 heavy (non-hydrogen) atoms. The Bertz CT molecular complexity index is 490. The number of hydrogen-bond acceptors (Lipinski definition) is 3. The third-order valence-corrected chi connectivity index (χ3v) is 5.76. The zero-order valence-corrected chi connectivity index (χ0v) is 12.7. The van der Waals surface area contributed by atoms with Gasteiger partial charge in [0.15, 0.2) is 0 Å². The lowest BCUT2D eigenvalue weighted by molar-refractivity contribution is -0.129. The maximum atomic E-state index is 12.2. The molecule has 1 atom stereocenters. The van der Waals surface area contributed by atoms with Crippen LogP contribution in [0.15, 0.2) is 12.1 Å². The lowest BCUT2D eigenvalue weighted by Crippen LogP contribution is -2.36. The molecule has 1 amide bonds. The highest BCUT2D eigenvalue weighted by Gasteiger charge is 2.49. The molecular formula is C15H22N2OS. The van der Waals surface area contributed by atoms with E-state index in [1.807, 2.05) is 0 Å². The maximum absolute atomic E-state index is 12.2. The number of carbonyl (C=O) groups excluding carboxylic acids is 1. The van der Waals surface area contributed by atoms with Crippen molar-refractivity contribution in [2.75, 3.05) is 13.1 Å². The van der Waals surface area contributed by atoms with Gasteiger partial charge in [0.1, 0.15) is 6.17 Å². The number of carbonyl (C=O) groups is 1. The maximum Gasteiger partial charge on any atom is 0.238 e. The monoisotopic (exact) mass is 278 g/mol. The van der Waals surface area contributed by atoms with Crippen molar-refractivity contribution < 1.29 is 4.79 Å². The van der Waals surface area contributed by atoms with E-state index in [-0.39, 0.29) is 12.1 Å². The molecule has 3 nitrogen and oxygen atoms in total. The first-order chi connectivity index (χ1) is 9.02. The molecule has 4 heteroatoms. The molecule has 1 saturated heterocycles. The van der Waals surface area contributed by atoms with Gasteiger partial charge in [0.2, 0.25) is 5.91 Å². The highest BCUT2D eigenvalue weighted by atomic mass is 32.1. The molecular weight excluding hydrogens is 256 g/mol. The summed E-state index contributed by atoms with van der Waals surface area (Å²) in [6.45, 7) is 8.08. The fourth-order valence-electron chi connectivity index (χ4n) is 2.99. The number of amides is 1. The van der Waals surface area contributed by atoms with Gasteiger partial charge in [-0.2, -0.15) is 0 Å². The van der Waals surface area contributed by atoms with Crippen molar-refractivity contribution in [2.45, 2.75) is 39.8 Å². The first-order valence-corrected chi connectivity index (χ1v) is 7.93. The first-order valence-electron chi connectivity index (χ1n) is 7.11. The Labute approximate surface area is 119 Å². The number of aryl methyl sites for hydroxylation is 1. The van der Waals surface area contributed by atoms with Crippen molar-refractivity contribution >= 4 is 17.2 Å². The highest BCUT2D eigenvalue weighted by molar-refractivity contribution is 7.12. The molecule has 1 aromatic heterocycles. The lowest BCUT2D eigenvalue weighted by atomic mass is 9.91. The van der Waals surface area contributed by atoms with Gasteiger partial charge >= 0.3 is 0 Å². The van der Waals surface area contributed by atoms with Crippen LogP contribution in [-0.4, -0.2) is 23.9 Å². The van der Waals surface area contributed by atoms with Crippen molar-refractivity contribution in [1.29, 1.82) is 0 Å². The highest BCUT2D eigenvalue weighted by Crippen LogP contribution is 2.53. The minimum Gasteiger partial charge on any atom is -0.320 e. The van der Waals surface area contributed by atoms with Crippen LogP contribution in [0.4, 0.5) is 0 Å². The summed E-state index contributed by atoms with van der Waals surface area (Å²) in [5, 5.41) is 3.36. The van der Waals surface area contributed by atoms with Gasteiger partial charge in [-0.1, -0.05) is 13.8 Å². The average molecular weight is 278 g/mol. The summed E-state index contributed by atoms with van der Waals surface area (Å²) in [5.74, 6) is 0.912. The fraction of sp³-hybridized carbons (Fsp3) is 0.667. The minimum absolute atomic E-state index is 0.0995. The zero-order valence-electron chi connectivity index (χ0n) is 11.9. The van der Waals surface area contributed by atoms with Gasteiger partial charge in [0.05, 0.1) is 6.54 Å². The third kappa shape index (κ3) is 2.32. The molecule has 1 aromatic rings. The smallest absolute Gasteiger partial charge is 0.238 e. The van der Waals surface area contributed by atoms with Gasteiger partial charge in [0.25, 0.3) is 0 Å². The molecule has 1 aliphatic heterocycles. The van der Waals surface area contributed by atoms with Crippen molar-refractivity contribution in [3.05, 3.63) is 21.9 Å². The predicted molar refractivity (Wildman–Crippen MR) is 78.0 cm³/mol. The molecule has 2 aliphatic rings. The second-order valence-electron chi connectivity index (χ2n) is 6.27. The largest absolute Gasteiger partial charge is 0.320 e. The Kier molecular flexibility index (Phi) is 3.18. The van der Waals surface area contributed by atoms with Gasteiger partial charge in [-0.25, -0.2) is 0 Å². The van der Waals surface area contributed by atoms with E-state index in [4.69, 9.17) is 0 Å². The van der Waals surface area contributed by atoms with Crippen LogP contribution >= 0.6 is 11.3 Å². The summed E-state index contributed by atoms with van der Waals surface area (Å²) in [6.07, 6.45) is 2.64. The van der Waals surface area contributed by atoms with Crippen molar-refractivity contribution in [3.8, 4) is 0 Å². The minimum atomic E-state index is 0.0995. The second-order valence-corrected chi connectivity index (χ2v) is 7.59. The van der Waals surface area contributed by atoms with E-state index >= 15 is 0 Å². The first kappa shape index (κ1) is 13.1. The second kappa shape index (κ2) is 4.60. The van der Waals surface area contributed by atoms with Crippen LogP contribution in [0.3, 0.4) is 0 Å². The fourth-order valence-corrected chi connectivity index (χ4v) is 3.96. The summed E-state index contributed by atoms with van der Waals surface area (Å²) < 4.78 is 0. The van der Waals surface area contributed by atoms with E-state index in [1.54, 1.807) is 11.3 Å². The van der Waals surface area contributed by atoms with Gasteiger partial charge in [0, 0.05) is 16.3 Å². The van der Waals surface area contributed by atoms with Crippen LogP contribution in [0, 0.1) is 18.3 Å². The molecule has 1 N–H and O–H groups in total. The molecule has 0 radical (unpaired) electrons. The average Bonchev–Trinajstić information content (AvgIpc) is 2.90. The summed E-state index contributed by atoms with van der Waals surface area (Å²) in [7, 11) is 0. The van der Waals surface area contributed by atoms with E-state index in [0.29, 0.717) is 17.9 Å². The van der Waals surface area contributed by atoms with E-state index in [1.165, 1.54) is 22.6 Å². The number of nitrogens with one attached hydrogen (secondary N) is 1. The Hall–Kier alpha value is -0.870. The van der Waals surface area contributed by atoms with Crippen LogP contribution in [-0.2, 0) is 4.79 Å². The van der Waals surface area contributed by atoms with E-state index < -0.39 is 0 Å². The van der Waals surface area contributed by atoms with Gasteiger partial charge in [-0.05, 0) is 43.2 Å². The molecule has 1 aliphatic carbocycles. The van der Waals surface area contributed by atoms with E-state index in [9.17, 15) is 4.79 Å². The van der Waals surface area contributed by atoms with Crippen molar-refractivity contribution in [1.82, 2.24) is 10.2 Å². The van der Waals surface area contributed by atoms with E-state index in [0.717, 1.165) is 6.54 Å². The topological polar surface area (TPSA) is 32.3 Å². The standard InChI is InChI=1S/C15H22N2OS/c1-10(2)15(6-7-15)9-17-13(18)8-16-14(17)12-5-4-11(3)19-12/h4-5,10,14,16H,6-9H2,1-3H3. The van der Waals surface area contributed by atoms with E-state index in [2.05, 4.69) is 43.1 Å². The van der Waals surface area contributed by atoms with Crippen LogP contribution in [0.2, 0.25) is 0 Å². The molecule has 104 valence electrons. The van der Waals surface area contributed by atoms with Crippen LogP contribution in [0.1, 0.15) is 42.6 Å². The Morgan fingerprint density at radius 2 is 2.21 bits per heavy atom. The molecule has 0 aromatic carbocycles. The molecule has 2 fully saturated rings. The summed E-state index contributed by atoms with van der Waals surface area (Å²) >= 11 is 1.79. The molecule has 1 saturated carbocycles. The van der Waals surface area contributed by atoms with Crippen molar-refractivity contribution in [2.24, 2.45) is 11.3 Å². The summed E-state index contributed by atoms with van der Waals surface area (Å²) in [4.78, 5) is 16.8. The molecule has 3 rings (SSSR count). The Morgan fingerprint density at radius 1 is 1.47 bits per heavy atom. The van der Waals surface area contributed by atoms with Gasteiger partial charge in [-0.3, -0.25) is 10.1 Å².